The Morgan fingerprint density at radius 3 is 2.57 bits per heavy atom. The van der Waals surface area contributed by atoms with Gasteiger partial charge in [-0.05, 0) is 71.3 Å². The molecule has 1 atom stereocenters. The van der Waals surface area contributed by atoms with Crippen LogP contribution in [0.25, 0.3) is 11.0 Å². The second kappa shape index (κ2) is 9.14. The summed E-state index contributed by atoms with van der Waals surface area (Å²) in [6.45, 7) is 4.42. The van der Waals surface area contributed by atoms with E-state index in [0.717, 1.165) is 17.5 Å². The molecule has 2 N–H and O–H groups in total. The molecule has 37 heavy (non-hydrogen) atoms. The van der Waals surface area contributed by atoms with Crippen LogP contribution >= 0.6 is 0 Å². The molecule has 4 aromatic rings. The van der Waals surface area contributed by atoms with Gasteiger partial charge in [0.1, 0.15) is 5.75 Å². The number of halogens is 3. The van der Waals surface area contributed by atoms with E-state index in [0.29, 0.717) is 23.6 Å². The topological polar surface area (TPSA) is 76.4 Å². The van der Waals surface area contributed by atoms with Crippen molar-refractivity contribution in [1.82, 2.24) is 9.55 Å². The number of imidazole rings is 1. The van der Waals surface area contributed by atoms with E-state index in [1.807, 2.05) is 30.3 Å². The number of alkyl halides is 3. The van der Waals surface area contributed by atoms with Crippen LogP contribution in [0.5, 0.6) is 5.75 Å². The van der Waals surface area contributed by atoms with E-state index in [4.69, 9.17) is 10.1 Å². The number of aryl methyl sites for hydroxylation is 1. The van der Waals surface area contributed by atoms with E-state index in [2.05, 4.69) is 40.6 Å². The number of fused-ring (bicyclic) bond motifs is 2. The molecule has 1 heterocycles. The van der Waals surface area contributed by atoms with Gasteiger partial charge in [0.05, 0.1) is 17.1 Å². The third-order valence-corrected chi connectivity index (χ3v) is 6.79. The SMILES string of the molecule is CC1(C)C[C@H](n2c(Nc3ccc(OC(F)(F)F)cc3)nc3cc(CCC(=O)O)ccc32)c2ccccc21. The van der Waals surface area contributed by atoms with Crippen molar-refractivity contribution in [3.8, 4) is 5.75 Å². The van der Waals surface area contributed by atoms with Crippen LogP contribution in [-0.4, -0.2) is 27.0 Å². The summed E-state index contributed by atoms with van der Waals surface area (Å²) >= 11 is 0. The lowest BCUT2D eigenvalue weighted by molar-refractivity contribution is -0.274. The van der Waals surface area contributed by atoms with E-state index < -0.39 is 12.3 Å². The van der Waals surface area contributed by atoms with Gasteiger partial charge in [0.25, 0.3) is 0 Å². The van der Waals surface area contributed by atoms with E-state index in [-0.39, 0.29) is 23.6 Å². The summed E-state index contributed by atoms with van der Waals surface area (Å²) in [5.41, 5.74) is 5.42. The number of benzene rings is 3. The predicted octanol–water partition coefficient (Wildman–Crippen LogP) is 6.97. The maximum Gasteiger partial charge on any atom is 0.573 e. The number of carbonyl (C=O) groups is 1. The molecule has 9 heteroatoms. The molecule has 0 saturated carbocycles. The minimum atomic E-state index is -4.76. The monoisotopic (exact) mass is 509 g/mol. The second-order valence-corrected chi connectivity index (χ2v) is 9.91. The van der Waals surface area contributed by atoms with Gasteiger partial charge in [-0.2, -0.15) is 0 Å². The van der Waals surface area contributed by atoms with Crippen LogP contribution < -0.4 is 10.1 Å². The first-order valence-corrected chi connectivity index (χ1v) is 11.9. The van der Waals surface area contributed by atoms with E-state index in [1.165, 1.54) is 35.4 Å². The van der Waals surface area contributed by atoms with Crippen molar-refractivity contribution in [3.05, 3.63) is 83.4 Å². The zero-order valence-electron chi connectivity index (χ0n) is 20.3. The maximum atomic E-state index is 12.6. The molecule has 192 valence electrons. The number of hydrogen-bond acceptors (Lipinski definition) is 4. The highest BCUT2D eigenvalue weighted by atomic mass is 19.4. The van der Waals surface area contributed by atoms with Crippen molar-refractivity contribution in [1.29, 1.82) is 0 Å². The molecule has 0 bridgehead atoms. The minimum absolute atomic E-state index is 0.0172. The van der Waals surface area contributed by atoms with Gasteiger partial charge in [-0.3, -0.25) is 4.79 Å². The van der Waals surface area contributed by atoms with E-state index in [1.54, 1.807) is 0 Å². The molecule has 3 aromatic carbocycles. The molecule has 1 aromatic heterocycles. The average Bonchev–Trinajstić information content (AvgIpc) is 3.31. The summed E-state index contributed by atoms with van der Waals surface area (Å²) < 4.78 is 43.8. The number of nitrogens with one attached hydrogen (secondary N) is 1. The molecule has 0 saturated heterocycles. The van der Waals surface area contributed by atoms with Crippen molar-refractivity contribution in [2.24, 2.45) is 0 Å². The van der Waals surface area contributed by atoms with Crippen LogP contribution in [0.15, 0.2) is 66.7 Å². The van der Waals surface area contributed by atoms with Crippen LogP contribution in [0.3, 0.4) is 0 Å². The number of carboxylic acid groups (broad SMARTS) is 1. The van der Waals surface area contributed by atoms with Gasteiger partial charge in [0.2, 0.25) is 5.95 Å². The van der Waals surface area contributed by atoms with Crippen LogP contribution in [0.4, 0.5) is 24.8 Å². The average molecular weight is 510 g/mol. The fraction of sp³-hybridized carbons (Fsp3) is 0.286. The Balaban J connectivity index is 1.56. The standard InChI is InChI=1S/C28H26F3N3O3/c1-27(2)16-24(20-5-3-4-6-21(20)27)34-23-13-7-17(8-14-25(35)36)15-22(23)33-26(34)32-18-9-11-19(12-10-18)37-28(29,30)31/h3-7,9-13,15,24H,8,14,16H2,1-2H3,(H,32,33)(H,35,36)/t24-/m0/s1. The Labute approximate surface area is 211 Å². The Morgan fingerprint density at radius 2 is 1.86 bits per heavy atom. The molecule has 0 aliphatic heterocycles. The summed E-state index contributed by atoms with van der Waals surface area (Å²) in [5, 5.41) is 12.3. The van der Waals surface area contributed by atoms with Gasteiger partial charge < -0.3 is 19.7 Å². The fourth-order valence-corrected chi connectivity index (χ4v) is 5.16. The summed E-state index contributed by atoms with van der Waals surface area (Å²) in [4.78, 5) is 15.9. The van der Waals surface area contributed by atoms with Gasteiger partial charge in [0.15, 0.2) is 0 Å². The molecule has 1 aliphatic rings. The first kappa shape index (κ1) is 24.7. The largest absolute Gasteiger partial charge is 0.573 e. The number of anilines is 2. The highest BCUT2D eigenvalue weighted by Crippen LogP contribution is 2.48. The maximum absolute atomic E-state index is 12.6. The summed E-state index contributed by atoms with van der Waals surface area (Å²) in [6, 6.07) is 19.6. The Morgan fingerprint density at radius 1 is 1.14 bits per heavy atom. The number of ether oxygens (including phenoxy) is 1. The third kappa shape index (κ3) is 5.12. The fourth-order valence-electron chi connectivity index (χ4n) is 5.16. The number of aromatic nitrogens is 2. The molecule has 5 rings (SSSR count). The molecule has 0 unspecified atom stereocenters. The summed E-state index contributed by atoms with van der Waals surface area (Å²) in [7, 11) is 0. The first-order valence-electron chi connectivity index (χ1n) is 11.9. The molecule has 6 nitrogen and oxygen atoms in total. The third-order valence-electron chi connectivity index (χ3n) is 6.79. The summed E-state index contributed by atoms with van der Waals surface area (Å²) in [5.74, 6) is -0.621. The van der Waals surface area contributed by atoms with Crippen LogP contribution in [0.1, 0.15) is 49.4 Å². The molecule has 0 fully saturated rings. The summed E-state index contributed by atoms with van der Waals surface area (Å²) in [6.07, 6.45) is -3.51. The van der Waals surface area contributed by atoms with Crippen molar-refractivity contribution in [2.75, 3.05) is 5.32 Å². The highest BCUT2D eigenvalue weighted by Gasteiger charge is 2.39. The van der Waals surface area contributed by atoms with E-state index in [9.17, 15) is 18.0 Å². The number of rotatable bonds is 7. The molecule has 0 spiro atoms. The highest BCUT2D eigenvalue weighted by molar-refractivity contribution is 5.81. The zero-order valence-corrected chi connectivity index (χ0v) is 20.3. The molecular formula is C28H26F3N3O3. The lowest BCUT2D eigenvalue weighted by Gasteiger charge is -2.21. The van der Waals surface area contributed by atoms with Gasteiger partial charge in [0, 0.05) is 12.1 Å². The Bertz CT molecular complexity index is 1460. The lowest BCUT2D eigenvalue weighted by Crippen LogP contribution is -2.17. The smallest absolute Gasteiger partial charge is 0.481 e. The van der Waals surface area contributed by atoms with Gasteiger partial charge in [-0.15, -0.1) is 13.2 Å². The molecule has 0 radical (unpaired) electrons. The second-order valence-electron chi connectivity index (χ2n) is 9.91. The number of nitrogens with zero attached hydrogens (tertiary/aromatic N) is 2. The first-order chi connectivity index (χ1) is 17.5. The quantitative estimate of drug-likeness (QED) is 0.282. The van der Waals surface area contributed by atoms with Crippen molar-refractivity contribution < 1.29 is 27.8 Å². The normalized spacial score (nSPS) is 16.5. The number of hydrogen-bond donors (Lipinski definition) is 2. The van der Waals surface area contributed by atoms with Crippen molar-refractivity contribution >= 4 is 28.6 Å². The molecule has 1 aliphatic carbocycles. The molecule has 0 amide bonds. The van der Waals surface area contributed by atoms with Crippen molar-refractivity contribution in [3.63, 3.8) is 0 Å². The van der Waals surface area contributed by atoms with Gasteiger partial charge >= 0.3 is 12.3 Å². The Kier molecular flexibility index (Phi) is 6.09. The van der Waals surface area contributed by atoms with Crippen molar-refractivity contribution in [2.45, 2.75) is 50.9 Å². The van der Waals surface area contributed by atoms with Crippen LogP contribution in [-0.2, 0) is 16.6 Å². The van der Waals surface area contributed by atoms with Gasteiger partial charge in [-0.1, -0.05) is 44.2 Å². The van der Waals surface area contributed by atoms with Crippen LogP contribution in [0.2, 0.25) is 0 Å². The zero-order chi connectivity index (χ0) is 26.4. The lowest BCUT2D eigenvalue weighted by atomic mass is 9.86. The Hall–Kier alpha value is -4.01. The number of carboxylic acids is 1. The minimum Gasteiger partial charge on any atom is -0.481 e. The van der Waals surface area contributed by atoms with Gasteiger partial charge in [-0.25, -0.2) is 4.98 Å². The molecular weight excluding hydrogens is 483 g/mol. The number of aliphatic carboxylic acids is 1. The van der Waals surface area contributed by atoms with E-state index >= 15 is 0 Å². The van der Waals surface area contributed by atoms with Crippen LogP contribution in [0, 0.1) is 0 Å². The predicted molar refractivity (Wildman–Crippen MR) is 134 cm³/mol.